The van der Waals surface area contributed by atoms with Crippen LogP contribution in [0, 0.1) is 13.8 Å². The van der Waals surface area contributed by atoms with Gasteiger partial charge in [0.2, 0.25) is 0 Å². The molecule has 1 heteroatoms. The van der Waals surface area contributed by atoms with Crippen LogP contribution < -0.4 is 0 Å². The van der Waals surface area contributed by atoms with Gasteiger partial charge in [-0.1, -0.05) is 36.3 Å². The van der Waals surface area contributed by atoms with Crippen LogP contribution in [0.25, 0.3) is 5.57 Å². The third kappa shape index (κ3) is 2.68. The lowest BCUT2D eigenvalue weighted by atomic mass is 9.95. The maximum Gasteiger partial charge on any atom is 0.0521 e. The van der Waals surface area contributed by atoms with Gasteiger partial charge in [-0.05, 0) is 49.8 Å². The van der Waals surface area contributed by atoms with Crippen molar-refractivity contribution >= 4 is 17.2 Å². The van der Waals surface area contributed by atoms with Crippen molar-refractivity contribution in [3.8, 4) is 0 Å². The first kappa shape index (κ1) is 11.7. The summed E-state index contributed by atoms with van der Waals surface area (Å²) >= 11 is 6.28. The molecule has 0 nitrogen and oxygen atoms in total. The van der Waals surface area contributed by atoms with E-state index in [-0.39, 0.29) is 5.38 Å². The predicted molar refractivity (Wildman–Crippen MR) is 72.0 cm³/mol. The molecule has 0 N–H and O–H groups in total. The van der Waals surface area contributed by atoms with Gasteiger partial charge in [-0.2, -0.15) is 0 Å². The van der Waals surface area contributed by atoms with Crippen LogP contribution in [0.5, 0.6) is 0 Å². The molecule has 0 spiro atoms. The van der Waals surface area contributed by atoms with Gasteiger partial charge in [0.05, 0.1) is 5.38 Å². The highest BCUT2D eigenvalue weighted by Crippen LogP contribution is 2.30. The minimum atomic E-state index is 0.220. The van der Waals surface area contributed by atoms with E-state index >= 15 is 0 Å². The molecule has 1 unspecified atom stereocenters. The van der Waals surface area contributed by atoms with E-state index in [4.69, 9.17) is 11.6 Å². The molecule has 1 aromatic rings. The lowest BCUT2D eigenvalue weighted by Crippen LogP contribution is -1.93. The first-order valence-corrected chi connectivity index (χ1v) is 6.53. The van der Waals surface area contributed by atoms with Crippen molar-refractivity contribution in [2.45, 2.75) is 44.9 Å². The number of halogens is 1. The minimum absolute atomic E-state index is 0.220. The summed E-state index contributed by atoms with van der Waals surface area (Å²) in [5, 5.41) is 0.220. The van der Waals surface area contributed by atoms with Crippen LogP contribution in [0.3, 0.4) is 0 Å². The lowest BCUT2D eigenvalue weighted by molar-refractivity contribution is 0.724. The van der Waals surface area contributed by atoms with E-state index in [1.165, 1.54) is 41.5 Å². The maximum atomic E-state index is 6.28. The lowest BCUT2D eigenvalue weighted by Gasteiger charge is -2.11. The maximum absolute atomic E-state index is 6.28. The number of benzene rings is 1. The van der Waals surface area contributed by atoms with E-state index in [1.54, 1.807) is 0 Å². The highest BCUT2D eigenvalue weighted by Gasteiger charge is 2.12. The van der Waals surface area contributed by atoms with Crippen LogP contribution in [0.4, 0.5) is 0 Å². The number of hydrogen-bond acceptors (Lipinski definition) is 0. The topological polar surface area (TPSA) is 0 Å². The number of allylic oxidation sites excluding steroid dienone is 2. The van der Waals surface area contributed by atoms with E-state index in [0.29, 0.717) is 0 Å². The van der Waals surface area contributed by atoms with Gasteiger partial charge in [0.1, 0.15) is 0 Å². The third-order valence-corrected chi connectivity index (χ3v) is 3.64. The Morgan fingerprint density at radius 1 is 1.19 bits per heavy atom. The summed E-state index contributed by atoms with van der Waals surface area (Å²) in [5.74, 6) is 0. The van der Waals surface area contributed by atoms with Gasteiger partial charge in [-0.15, -0.1) is 11.6 Å². The molecule has 0 fully saturated rings. The van der Waals surface area contributed by atoms with E-state index in [2.05, 4.69) is 38.1 Å². The highest BCUT2D eigenvalue weighted by atomic mass is 35.5. The summed E-state index contributed by atoms with van der Waals surface area (Å²) in [5.41, 5.74) is 5.53. The van der Waals surface area contributed by atoms with E-state index in [0.717, 1.165) is 6.42 Å². The van der Waals surface area contributed by atoms with E-state index in [1.807, 2.05) is 0 Å². The smallest absolute Gasteiger partial charge is 0.0521 e. The number of alkyl halides is 1. The zero-order valence-corrected chi connectivity index (χ0v) is 10.8. The molecule has 1 aliphatic rings. The molecule has 0 aromatic heterocycles. The van der Waals surface area contributed by atoms with Crippen LogP contribution in [-0.4, -0.2) is 5.38 Å². The molecule has 1 atom stereocenters. The summed E-state index contributed by atoms with van der Waals surface area (Å²) in [6.45, 7) is 4.34. The normalized spacial score (nSPS) is 21.4. The highest BCUT2D eigenvalue weighted by molar-refractivity contribution is 6.22. The molecule has 0 amide bonds. The van der Waals surface area contributed by atoms with Gasteiger partial charge >= 0.3 is 0 Å². The van der Waals surface area contributed by atoms with Gasteiger partial charge < -0.3 is 0 Å². The molecule has 86 valence electrons. The molecule has 0 saturated carbocycles. The molecule has 0 radical (unpaired) electrons. The SMILES string of the molecule is Cc1ccc(C)c(C2=CC(Cl)CCCC2)c1. The Balaban J connectivity index is 2.38. The van der Waals surface area contributed by atoms with E-state index < -0.39 is 0 Å². The monoisotopic (exact) mass is 234 g/mol. The zero-order valence-electron chi connectivity index (χ0n) is 10.1. The third-order valence-electron chi connectivity index (χ3n) is 3.30. The molecule has 2 rings (SSSR count). The quantitative estimate of drug-likeness (QED) is 0.609. The molecule has 16 heavy (non-hydrogen) atoms. The largest absolute Gasteiger partial charge is 0.118 e. The number of rotatable bonds is 1. The summed E-state index contributed by atoms with van der Waals surface area (Å²) in [6.07, 6.45) is 7.07. The predicted octanol–water partition coefficient (Wildman–Crippen LogP) is 4.87. The molecule has 1 aromatic carbocycles. The summed E-state index contributed by atoms with van der Waals surface area (Å²) in [6, 6.07) is 6.67. The standard InChI is InChI=1S/C15H19Cl/c1-11-7-8-12(2)15(9-11)13-5-3-4-6-14(16)10-13/h7-10,14H,3-6H2,1-2H3. The minimum Gasteiger partial charge on any atom is -0.118 e. The molecule has 0 aliphatic heterocycles. The number of aryl methyl sites for hydroxylation is 2. The van der Waals surface area contributed by atoms with Crippen molar-refractivity contribution in [1.82, 2.24) is 0 Å². The van der Waals surface area contributed by atoms with Gasteiger partial charge in [-0.25, -0.2) is 0 Å². The zero-order chi connectivity index (χ0) is 11.5. The van der Waals surface area contributed by atoms with Crippen LogP contribution in [-0.2, 0) is 0 Å². The van der Waals surface area contributed by atoms with Crippen LogP contribution in [0.1, 0.15) is 42.4 Å². The fourth-order valence-corrected chi connectivity index (χ4v) is 2.65. The van der Waals surface area contributed by atoms with Crippen LogP contribution >= 0.6 is 11.6 Å². The Morgan fingerprint density at radius 3 is 2.81 bits per heavy atom. The average molecular weight is 235 g/mol. The molecule has 0 saturated heterocycles. The van der Waals surface area contributed by atoms with Crippen molar-refractivity contribution in [2.24, 2.45) is 0 Å². The van der Waals surface area contributed by atoms with Crippen LogP contribution in [0.15, 0.2) is 24.3 Å². The fourth-order valence-electron chi connectivity index (χ4n) is 2.35. The van der Waals surface area contributed by atoms with Gasteiger partial charge in [-0.3, -0.25) is 0 Å². The molecule has 0 heterocycles. The average Bonchev–Trinajstić information content (AvgIpc) is 2.46. The van der Waals surface area contributed by atoms with Crippen molar-refractivity contribution in [2.75, 3.05) is 0 Å². The second kappa shape index (κ2) is 5.05. The molecule has 1 aliphatic carbocycles. The second-order valence-electron chi connectivity index (χ2n) is 4.77. The first-order chi connectivity index (χ1) is 7.66. The fraction of sp³-hybridized carbons (Fsp3) is 0.467. The van der Waals surface area contributed by atoms with Crippen molar-refractivity contribution in [1.29, 1.82) is 0 Å². The first-order valence-electron chi connectivity index (χ1n) is 6.09. The van der Waals surface area contributed by atoms with Gasteiger partial charge in [0.15, 0.2) is 0 Å². The summed E-state index contributed by atoms with van der Waals surface area (Å²) < 4.78 is 0. The van der Waals surface area contributed by atoms with E-state index in [9.17, 15) is 0 Å². The van der Waals surface area contributed by atoms with Crippen LogP contribution in [0.2, 0.25) is 0 Å². The van der Waals surface area contributed by atoms with Crippen molar-refractivity contribution in [3.05, 3.63) is 41.0 Å². The summed E-state index contributed by atoms with van der Waals surface area (Å²) in [4.78, 5) is 0. The van der Waals surface area contributed by atoms with Crippen molar-refractivity contribution in [3.63, 3.8) is 0 Å². The Bertz CT molecular complexity index is 404. The molecular formula is C15H19Cl. The number of hydrogen-bond donors (Lipinski definition) is 0. The Morgan fingerprint density at radius 2 is 2.00 bits per heavy atom. The Kier molecular flexibility index (Phi) is 3.70. The Labute approximate surface area is 103 Å². The Hall–Kier alpha value is -0.750. The van der Waals surface area contributed by atoms with Crippen molar-refractivity contribution < 1.29 is 0 Å². The second-order valence-corrected chi connectivity index (χ2v) is 5.33. The van der Waals surface area contributed by atoms with Gasteiger partial charge in [0.25, 0.3) is 0 Å². The molecular weight excluding hydrogens is 216 g/mol. The van der Waals surface area contributed by atoms with Gasteiger partial charge in [0, 0.05) is 0 Å². The summed E-state index contributed by atoms with van der Waals surface area (Å²) in [7, 11) is 0. The molecule has 0 bridgehead atoms.